The lowest BCUT2D eigenvalue weighted by Crippen LogP contribution is -2.37. The van der Waals surface area contributed by atoms with Crippen LogP contribution in [0.4, 0.5) is 0 Å². The van der Waals surface area contributed by atoms with Gasteiger partial charge in [0.1, 0.15) is 0 Å². The summed E-state index contributed by atoms with van der Waals surface area (Å²) in [6.07, 6.45) is 5.22. The fourth-order valence-electron chi connectivity index (χ4n) is 3.71. The van der Waals surface area contributed by atoms with Crippen molar-refractivity contribution in [3.63, 3.8) is 0 Å². The normalized spacial score (nSPS) is 30.2. The summed E-state index contributed by atoms with van der Waals surface area (Å²) >= 11 is 12.6. The molecule has 1 nitrogen and oxygen atoms in total. The Bertz CT molecular complexity index is 430. The van der Waals surface area contributed by atoms with Gasteiger partial charge in [-0.15, -0.1) is 0 Å². The first-order valence-corrected chi connectivity index (χ1v) is 8.11. The second-order valence-electron chi connectivity index (χ2n) is 6.06. The van der Waals surface area contributed by atoms with E-state index >= 15 is 0 Å². The topological polar surface area (TPSA) is 12.0 Å². The molecule has 1 aromatic rings. The van der Waals surface area contributed by atoms with E-state index < -0.39 is 0 Å². The molecule has 3 rings (SSSR count). The first-order valence-electron chi connectivity index (χ1n) is 7.35. The van der Waals surface area contributed by atoms with Crippen molar-refractivity contribution in [3.05, 3.63) is 33.8 Å². The predicted octanol–water partition coefficient (Wildman–Crippen LogP) is 4.56. The molecule has 2 fully saturated rings. The summed E-state index contributed by atoms with van der Waals surface area (Å²) in [5, 5.41) is 5.26. The van der Waals surface area contributed by atoms with Gasteiger partial charge in [0.15, 0.2) is 0 Å². The summed E-state index contributed by atoms with van der Waals surface area (Å²) in [5.74, 6) is 2.84. The zero-order valence-electron chi connectivity index (χ0n) is 11.3. The lowest BCUT2D eigenvalue weighted by Gasteiger charge is -2.26. The molecule has 104 valence electrons. The zero-order valence-corrected chi connectivity index (χ0v) is 12.8. The van der Waals surface area contributed by atoms with Crippen LogP contribution in [0.25, 0.3) is 0 Å². The number of fused-ring (bicyclic) bond motifs is 1. The third kappa shape index (κ3) is 2.94. The number of benzene rings is 1. The molecular formula is C16H21Cl2N. The lowest BCUT2D eigenvalue weighted by molar-refractivity contribution is 0.337. The van der Waals surface area contributed by atoms with Crippen molar-refractivity contribution in [1.29, 1.82) is 0 Å². The third-order valence-corrected chi connectivity index (χ3v) is 5.51. The Hall–Kier alpha value is -0.240. The van der Waals surface area contributed by atoms with Gasteiger partial charge in [0.05, 0.1) is 0 Å². The molecule has 0 aliphatic heterocycles. The van der Waals surface area contributed by atoms with Gasteiger partial charge in [-0.25, -0.2) is 0 Å². The van der Waals surface area contributed by atoms with E-state index in [4.69, 9.17) is 23.2 Å². The molecule has 0 saturated heterocycles. The number of nitrogens with one attached hydrogen (secondary N) is 1. The van der Waals surface area contributed by atoms with E-state index in [0.29, 0.717) is 6.04 Å². The van der Waals surface area contributed by atoms with Crippen molar-refractivity contribution in [2.45, 2.75) is 38.6 Å². The molecule has 2 aliphatic carbocycles. The van der Waals surface area contributed by atoms with E-state index in [1.807, 2.05) is 18.2 Å². The average molecular weight is 298 g/mol. The molecule has 0 spiro atoms. The summed E-state index contributed by atoms with van der Waals surface area (Å²) < 4.78 is 0. The SMILES string of the molecule is CCNC(Cc1c(Cl)cccc1Cl)C1CC2CC2C1. The van der Waals surface area contributed by atoms with Crippen molar-refractivity contribution in [2.75, 3.05) is 6.54 Å². The largest absolute Gasteiger partial charge is 0.314 e. The second-order valence-corrected chi connectivity index (χ2v) is 6.87. The highest BCUT2D eigenvalue weighted by Crippen LogP contribution is 2.55. The van der Waals surface area contributed by atoms with E-state index in [9.17, 15) is 0 Å². The Kier molecular flexibility index (Phi) is 4.07. The number of likely N-dealkylation sites (N-methyl/N-ethyl adjacent to an activating group) is 1. The van der Waals surface area contributed by atoms with Crippen LogP contribution in [0.1, 0.15) is 31.7 Å². The number of hydrogen-bond acceptors (Lipinski definition) is 1. The van der Waals surface area contributed by atoms with Gasteiger partial charge in [0.2, 0.25) is 0 Å². The Morgan fingerprint density at radius 1 is 1.16 bits per heavy atom. The van der Waals surface area contributed by atoms with Crippen molar-refractivity contribution in [2.24, 2.45) is 17.8 Å². The standard InChI is InChI=1S/C16H21Cl2N/c1-2-19-16(12-7-10-6-11(10)8-12)9-13-14(17)4-3-5-15(13)18/h3-5,10-12,16,19H,2,6-9H2,1H3. The van der Waals surface area contributed by atoms with Gasteiger partial charge in [-0.3, -0.25) is 0 Å². The molecule has 2 saturated carbocycles. The predicted molar refractivity (Wildman–Crippen MR) is 82.0 cm³/mol. The highest BCUT2D eigenvalue weighted by Gasteiger charge is 2.47. The number of rotatable bonds is 5. The molecule has 3 unspecified atom stereocenters. The molecule has 3 heteroatoms. The maximum atomic E-state index is 6.31. The van der Waals surface area contributed by atoms with Crippen LogP contribution in [0.3, 0.4) is 0 Å². The van der Waals surface area contributed by atoms with Gasteiger partial charge in [-0.05, 0) is 67.7 Å². The van der Waals surface area contributed by atoms with E-state index in [1.165, 1.54) is 19.3 Å². The molecule has 3 atom stereocenters. The van der Waals surface area contributed by atoms with E-state index in [0.717, 1.165) is 46.3 Å². The van der Waals surface area contributed by atoms with Crippen molar-refractivity contribution < 1.29 is 0 Å². The lowest BCUT2D eigenvalue weighted by atomic mass is 9.89. The zero-order chi connectivity index (χ0) is 13.4. The average Bonchev–Trinajstić information content (AvgIpc) is 2.99. The van der Waals surface area contributed by atoms with Crippen LogP contribution in [0, 0.1) is 17.8 Å². The second kappa shape index (κ2) is 5.63. The van der Waals surface area contributed by atoms with Crippen LogP contribution in [-0.4, -0.2) is 12.6 Å². The van der Waals surface area contributed by atoms with Gasteiger partial charge in [0.25, 0.3) is 0 Å². The molecule has 2 aliphatic rings. The van der Waals surface area contributed by atoms with Gasteiger partial charge >= 0.3 is 0 Å². The van der Waals surface area contributed by atoms with Crippen LogP contribution >= 0.6 is 23.2 Å². The van der Waals surface area contributed by atoms with E-state index in [2.05, 4.69) is 12.2 Å². The van der Waals surface area contributed by atoms with E-state index in [1.54, 1.807) is 0 Å². The fourth-order valence-corrected chi connectivity index (χ4v) is 4.26. The van der Waals surface area contributed by atoms with Crippen molar-refractivity contribution in [3.8, 4) is 0 Å². The minimum Gasteiger partial charge on any atom is -0.314 e. The Labute approximate surface area is 125 Å². The summed E-state index contributed by atoms with van der Waals surface area (Å²) in [6.45, 7) is 3.19. The third-order valence-electron chi connectivity index (χ3n) is 4.80. The van der Waals surface area contributed by atoms with Crippen LogP contribution in [0.2, 0.25) is 10.0 Å². The highest BCUT2D eigenvalue weighted by molar-refractivity contribution is 6.36. The molecule has 1 N–H and O–H groups in total. The fraction of sp³-hybridized carbons (Fsp3) is 0.625. The quantitative estimate of drug-likeness (QED) is 0.840. The molecule has 0 heterocycles. The number of halogens is 2. The molecular weight excluding hydrogens is 277 g/mol. The molecule has 19 heavy (non-hydrogen) atoms. The highest BCUT2D eigenvalue weighted by atomic mass is 35.5. The molecule has 0 aromatic heterocycles. The number of hydrogen-bond donors (Lipinski definition) is 1. The van der Waals surface area contributed by atoms with Crippen LogP contribution in [0.5, 0.6) is 0 Å². The van der Waals surface area contributed by atoms with Crippen LogP contribution < -0.4 is 5.32 Å². The summed E-state index contributed by atoms with van der Waals surface area (Å²) in [6, 6.07) is 6.33. The summed E-state index contributed by atoms with van der Waals surface area (Å²) in [7, 11) is 0. The van der Waals surface area contributed by atoms with Crippen LogP contribution in [0.15, 0.2) is 18.2 Å². The first-order chi connectivity index (χ1) is 9.19. The maximum Gasteiger partial charge on any atom is 0.0453 e. The molecule has 0 bridgehead atoms. The van der Waals surface area contributed by atoms with E-state index in [-0.39, 0.29) is 0 Å². The molecule has 1 aromatic carbocycles. The smallest absolute Gasteiger partial charge is 0.0453 e. The van der Waals surface area contributed by atoms with Crippen molar-refractivity contribution in [1.82, 2.24) is 5.32 Å². The maximum absolute atomic E-state index is 6.31. The summed E-state index contributed by atoms with van der Waals surface area (Å²) in [4.78, 5) is 0. The monoisotopic (exact) mass is 297 g/mol. The Balaban J connectivity index is 1.73. The Morgan fingerprint density at radius 2 is 1.79 bits per heavy atom. The minimum absolute atomic E-state index is 0.523. The van der Waals surface area contributed by atoms with Gasteiger partial charge < -0.3 is 5.32 Å². The van der Waals surface area contributed by atoms with Crippen molar-refractivity contribution >= 4 is 23.2 Å². The molecule has 0 radical (unpaired) electrons. The van der Waals surface area contributed by atoms with Gasteiger partial charge in [-0.2, -0.15) is 0 Å². The van der Waals surface area contributed by atoms with Gasteiger partial charge in [-0.1, -0.05) is 36.2 Å². The molecule has 0 amide bonds. The Morgan fingerprint density at radius 3 is 2.37 bits per heavy atom. The minimum atomic E-state index is 0.523. The first kappa shape index (κ1) is 13.7. The summed E-state index contributed by atoms with van der Waals surface area (Å²) in [5.41, 5.74) is 1.11. The van der Waals surface area contributed by atoms with Gasteiger partial charge in [0, 0.05) is 16.1 Å². The van der Waals surface area contributed by atoms with Crippen LogP contribution in [-0.2, 0) is 6.42 Å².